The van der Waals surface area contributed by atoms with Crippen molar-refractivity contribution >= 4 is 5.91 Å². The van der Waals surface area contributed by atoms with E-state index in [2.05, 4.69) is 19.2 Å². The summed E-state index contributed by atoms with van der Waals surface area (Å²) in [6.45, 7) is 6.70. The zero-order valence-corrected chi connectivity index (χ0v) is 14.0. The van der Waals surface area contributed by atoms with Crippen LogP contribution in [0.3, 0.4) is 0 Å². The van der Waals surface area contributed by atoms with Crippen LogP contribution in [0.15, 0.2) is 24.3 Å². The van der Waals surface area contributed by atoms with Gasteiger partial charge in [-0.25, -0.2) is 0 Å². The fourth-order valence-corrected chi connectivity index (χ4v) is 2.67. The number of amides is 1. The summed E-state index contributed by atoms with van der Waals surface area (Å²) in [6, 6.07) is 8.46. The van der Waals surface area contributed by atoms with Gasteiger partial charge in [-0.15, -0.1) is 0 Å². The summed E-state index contributed by atoms with van der Waals surface area (Å²) in [6.07, 6.45) is 2.57. The van der Waals surface area contributed by atoms with E-state index >= 15 is 0 Å². The summed E-state index contributed by atoms with van der Waals surface area (Å²) in [7, 11) is 1.99. The van der Waals surface area contributed by atoms with Gasteiger partial charge in [-0.1, -0.05) is 26.0 Å². The van der Waals surface area contributed by atoms with Gasteiger partial charge in [0.25, 0.3) is 0 Å². The molecular formula is C18H28N2O2. The number of nitrogens with one attached hydrogen (secondary N) is 1. The van der Waals surface area contributed by atoms with Crippen molar-refractivity contribution in [1.82, 2.24) is 10.2 Å². The van der Waals surface area contributed by atoms with Crippen molar-refractivity contribution in [3.8, 4) is 5.75 Å². The molecule has 0 atom stereocenters. The van der Waals surface area contributed by atoms with E-state index in [1.165, 1.54) is 0 Å². The van der Waals surface area contributed by atoms with E-state index in [9.17, 15) is 4.79 Å². The highest BCUT2D eigenvalue weighted by Crippen LogP contribution is 2.16. The minimum absolute atomic E-state index is 0.227. The molecule has 1 saturated heterocycles. The molecule has 0 radical (unpaired) electrons. The topological polar surface area (TPSA) is 41.6 Å². The lowest BCUT2D eigenvalue weighted by Crippen LogP contribution is -2.44. The molecule has 4 heteroatoms. The van der Waals surface area contributed by atoms with Gasteiger partial charge in [0.15, 0.2) is 0 Å². The number of piperidine rings is 1. The predicted octanol–water partition coefficient (Wildman–Crippen LogP) is 2.47. The Balaban J connectivity index is 1.81. The van der Waals surface area contributed by atoms with Crippen molar-refractivity contribution in [3.05, 3.63) is 29.8 Å². The molecule has 0 unspecified atom stereocenters. The van der Waals surface area contributed by atoms with Crippen LogP contribution in [0.5, 0.6) is 5.75 Å². The second kappa shape index (κ2) is 8.18. The summed E-state index contributed by atoms with van der Waals surface area (Å²) in [5.41, 5.74) is 1.05. The van der Waals surface area contributed by atoms with E-state index in [1.807, 2.05) is 36.2 Å². The van der Waals surface area contributed by atoms with E-state index in [4.69, 9.17) is 4.74 Å². The number of carbonyl (C=O) groups excluding carboxylic acids is 1. The van der Waals surface area contributed by atoms with Crippen molar-refractivity contribution in [2.75, 3.05) is 26.7 Å². The van der Waals surface area contributed by atoms with Crippen LogP contribution in [0.1, 0.15) is 32.3 Å². The highest BCUT2D eigenvalue weighted by molar-refractivity contribution is 5.78. The number of benzene rings is 1. The number of likely N-dealkylation sites (tertiary alicyclic amines) is 1. The van der Waals surface area contributed by atoms with Crippen LogP contribution in [0.25, 0.3) is 0 Å². The third-order valence-electron chi connectivity index (χ3n) is 4.12. The van der Waals surface area contributed by atoms with Crippen molar-refractivity contribution < 1.29 is 9.53 Å². The van der Waals surface area contributed by atoms with Crippen LogP contribution >= 0.6 is 0 Å². The summed E-state index contributed by atoms with van der Waals surface area (Å²) in [5, 5.41) is 3.29. The largest absolute Gasteiger partial charge is 0.493 e. The van der Waals surface area contributed by atoms with E-state index in [0.29, 0.717) is 18.4 Å². The molecule has 0 saturated carbocycles. The highest BCUT2D eigenvalue weighted by atomic mass is 16.5. The maximum Gasteiger partial charge on any atom is 0.226 e. The lowest BCUT2D eigenvalue weighted by molar-refractivity contribution is -0.131. The van der Waals surface area contributed by atoms with Gasteiger partial charge < -0.3 is 15.0 Å². The number of carbonyl (C=O) groups is 1. The fraction of sp³-hybridized carbons (Fsp3) is 0.611. The molecule has 122 valence electrons. The van der Waals surface area contributed by atoms with E-state index in [0.717, 1.165) is 43.9 Å². The van der Waals surface area contributed by atoms with Gasteiger partial charge in [0, 0.05) is 19.1 Å². The molecule has 1 fully saturated rings. The smallest absolute Gasteiger partial charge is 0.226 e. The molecule has 0 spiro atoms. The molecule has 1 aromatic rings. The van der Waals surface area contributed by atoms with Gasteiger partial charge in [-0.05, 0) is 43.5 Å². The molecule has 22 heavy (non-hydrogen) atoms. The minimum atomic E-state index is 0.227. The number of nitrogens with zero attached hydrogens (tertiary/aromatic N) is 1. The summed E-state index contributed by atoms with van der Waals surface area (Å²) in [4.78, 5) is 14.3. The van der Waals surface area contributed by atoms with E-state index in [1.54, 1.807) is 0 Å². The number of rotatable bonds is 6. The molecule has 2 rings (SSSR count). The van der Waals surface area contributed by atoms with Gasteiger partial charge in [0.05, 0.1) is 13.0 Å². The Morgan fingerprint density at radius 1 is 1.27 bits per heavy atom. The van der Waals surface area contributed by atoms with Crippen LogP contribution in [-0.2, 0) is 11.2 Å². The van der Waals surface area contributed by atoms with Crippen LogP contribution in [0.4, 0.5) is 0 Å². The first-order valence-electron chi connectivity index (χ1n) is 8.25. The Hall–Kier alpha value is -1.55. The first-order chi connectivity index (χ1) is 10.6. The maximum absolute atomic E-state index is 12.3. The molecule has 1 amide bonds. The zero-order chi connectivity index (χ0) is 15.9. The van der Waals surface area contributed by atoms with Crippen LogP contribution < -0.4 is 10.1 Å². The molecule has 0 aromatic heterocycles. The third-order valence-corrected chi connectivity index (χ3v) is 4.12. The second-order valence-electron chi connectivity index (χ2n) is 6.47. The Kier molecular flexibility index (Phi) is 6.25. The normalized spacial score (nSPS) is 16.1. The van der Waals surface area contributed by atoms with E-state index in [-0.39, 0.29) is 5.91 Å². The number of ether oxygens (including phenoxy) is 1. The Labute approximate surface area is 133 Å². The SMILES string of the molecule is CNC1CCN(C(=O)Cc2ccc(OCC(C)C)cc2)CC1. The summed E-state index contributed by atoms with van der Waals surface area (Å²) >= 11 is 0. The molecule has 1 N–H and O–H groups in total. The summed E-state index contributed by atoms with van der Waals surface area (Å²) in [5.74, 6) is 1.62. The second-order valence-corrected chi connectivity index (χ2v) is 6.47. The molecule has 1 heterocycles. The lowest BCUT2D eigenvalue weighted by Gasteiger charge is -2.31. The van der Waals surface area contributed by atoms with Crippen molar-refractivity contribution in [2.24, 2.45) is 5.92 Å². The van der Waals surface area contributed by atoms with Crippen molar-refractivity contribution in [3.63, 3.8) is 0 Å². The minimum Gasteiger partial charge on any atom is -0.493 e. The lowest BCUT2D eigenvalue weighted by atomic mass is 10.0. The Bertz CT molecular complexity index is 462. The Morgan fingerprint density at radius 2 is 1.91 bits per heavy atom. The van der Waals surface area contributed by atoms with Crippen molar-refractivity contribution in [2.45, 2.75) is 39.2 Å². The van der Waals surface area contributed by atoms with E-state index < -0.39 is 0 Å². The molecule has 0 aliphatic carbocycles. The molecular weight excluding hydrogens is 276 g/mol. The van der Waals surface area contributed by atoms with Gasteiger partial charge in [0.2, 0.25) is 5.91 Å². The quantitative estimate of drug-likeness (QED) is 0.878. The number of hydrogen-bond acceptors (Lipinski definition) is 3. The predicted molar refractivity (Wildman–Crippen MR) is 89.1 cm³/mol. The van der Waals surface area contributed by atoms with Crippen LogP contribution in [0, 0.1) is 5.92 Å². The zero-order valence-electron chi connectivity index (χ0n) is 14.0. The van der Waals surface area contributed by atoms with Gasteiger partial charge in [-0.3, -0.25) is 4.79 Å². The summed E-state index contributed by atoms with van der Waals surface area (Å²) < 4.78 is 5.67. The van der Waals surface area contributed by atoms with Crippen LogP contribution in [-0.4, -0.2) is 43.6 Å². The van der Waals surface area contributed by atoms with Crippen LogP contribution in [0.2, 0.25) is 0 Å². The highest BCUT2D eigenvalue weighted by Gasteiger charge is 2.21. The molecule has 0 bridgehead atoms. The average Bonchev–Trinajstić information content (AvgIpc) is 2.54. The van der Waals surface area contributed by atoms with Gasteiger partial charge in [0.1, 0.15) is 5.75 Å². The molecule has 1 aromatic carbocycles. The van der Waals surface area contributed by atoms with Crippen molar-refractivity contribution in [1.29, 1.82) is 0 Å². The molecule has 1 aliphatic rings. The number of hydrogen-bond donors (Lipinski definition) is 1. The third kappa shape index (κ3) is 5.02. The molecule has 1 aliphatic heterocycles. The van der Waals surface area contributed by atoms with Gasteiger partial charge in [-0.2, -0.15) is 0 Å². The monoisotopic (exact) mass is 304 g/mol. The first kappa shape index (κ1) is 16.8. The first-order valence-corrected chi connectivity index (χ1v) is 8.25. The fourth-order valence-electron chi connectivity index (χ4n) is 2.67. The average molecular weight is 304 g/mol. The molecule has 4 nitrogen and oxygen atoms in total. The Morgan fingerprint density at radius 3 is 2.45 bits per heavy atom. The van der Waals surface area contributed by atoms with Gasteiger partial charge >= 0.3 is 0 Å². The maximum atomic E-state index is 12.3. The standard InChI is InChI=1S/C18H28N2O2/c1-14(2)13-22-17-6-4-15(5-7-17)12-18(21)20-10-8-16(19-3)9-11-20/h4-7,14,16,19H,8-13H2,1-3H3.